The van der Waals surface area contributed by atoms with E-state index in [1.807, 2.05) is 6.08 Å². The van der Waals surface area contributed by atoms with Gasteiger partial charge in [-0.2, -0.15) is 0 Å². The smallest absolute Gasteiger partial charge is 0.0925 e. The highest BCUT2D eigenvalue weighted by Crippen LogP contribution is 2.31. The molecule has 6 rings (SSSR count). The highest BCUT2D eigenvalue weighted by atomic mass is 14.8. The van der Waals surface area contributed by atoms with Gasteiger partial charge in [-0.15, -0.1) is 0 Å². The minimum absolute atomic E-state index is 0.560. The number of allylic oxidation sites excluding steroid dienone is 8. The van der Waals surface area contributed by atoms with Gasteiger partial charge in [0.2, 0.25) is 0 Å². The van der Waals surface area contributed by atoms with Crippen molar-refractivity contribution in [2.24, 2.45) is 10.9 Å². The molecule has 49 heavy (non-hydrogen) atoms. The molecule has 0 spiro atoms. The van der Waals surface area contributed by atoms with Gasteiger partial charge in [-0.05, 0) is 134 Å². The van der Waals surface area contributed by atoms with Crippen LogP contribution in [0.1, 0.15) is 88.5 Å². The van der Waals surface area contributed by atoms with Gasteiger partial charge in [-0.1, -0.05) is 92.4 Å². The fraction of sp³-hybridized carbons (Fsp3) is 0.311. The van der Waals surface area contributed by atoms with E-state index in [4.69, 9.17) is 21.1 Å². The molecule has 0 saturated heterocycles. The van der Waals surface area contributed by atoms with Gasteiger partial charge in [0.25, 0.3) is 0 Å². The van der Waals surface area contributed by atoms with Crippen LogP contribution in [0.2, 0.25) is 0 Å². The van der Waals surface area contributed by atoms with Gasteiger partial charge in [0, 0.05) is 28.7 Å². The van der Waals surface area contributed by atoms with Crippen molar-refractivity contribution in [3.05, 3.63) is 137 Å². The minimum Gasteiger partial charge on any atom is -0.398 e. The molecular weight excluding hydrogens is 597 g/mol. The quantitative estimate of drug-likeness (QED) is 0.0656. The molecule has 0 saturated carbocycles. The first-order valence-electron chi connectivity index (χ1n) is 18.1. The van der Waals surface area contributed by atoms with Crippen LogP contribution in [0.25, 0.3) is 27.8 Å². The molecule has 0 fully saturated rings. The number of hydrogen-bond acceptors (Lipinski definition) is 4. The Balaban J connectivity index is 1.05. The number of nitrogen functional groups attached to an aromatic ring is 1. The zero-order valence-electron chi connectivity index (χ0n) is 29.3. The van der Waals surface area contributed by atoms with Gasteiger partial charge in [0.15, 0.2) is 0 Å². The lowest BCUT2D eigenvalue weighted by Gasteiger charge is -2.22. The molecule has 1 atom stereocenters. The molecule has 3 N–H and O–H groups in total. The number of aryl methyl sites for hydroxylation is 1. The highest BCUT2D eigenvalue weighted by Gasteiger charge is 2.21. The van der Waals surface area contributed by atoms with Gasteiger partial charge in [0.1, 0.15) is 0 Å². The second-order valence-corrected chi connectivity index (χ2v) is 13.6. The van der Waals surface area contributed by atoms with Gasteiger partial charge >= 0.3 is 0 Å². The number of nitrogens with one attached hydrogen (secondary N) is 1. The monoisotopic (exact) mass is 646 g/mol. The van der Waals surface area contributed by atoms with Crippen molar-refractivity contribution in [1.29, 1.82) is 5.41 Å². The lowest BCUT2D eigenvalue weighted by Crippen LogP contribution is -2.18. The maximum atomic E-state index is 9.04. The molecule has 1 unspecified atom stereocenters. The van der Waals surface area contributed by atoms with Crippen molar-refractivity contribution in [2.75, 3.05) is 12.3 Å². The Morgan fingerprint density at radius 2 is 1.80 bits per heavy atom. The van der Waals surface area contributed by atoms with E-state index in [0.717, 1.165) is 104 Å². The predicted octanol–water partition coefficient (Wildman–Crippen LogP) is 11.6. The minimum atomic E-state index is 0.560. The fourth-order valence-electron chi connectivity index (χ4n) is 7.39. The van der Waals surface area contributed by atoms with Crippen molar-refractivity contribution in [3.63, 3.8) is 0 Å². The van der Waals surface area contributed by atoms with E-state index in [1.54, 1.807) is 0 Å². The Morgan fingerprint density at radius 1 is 1.00 bits per heavy atom. The number of para-hydroxylation sites is 1. The maximum absolute atomic E-state index is 9.04. The summed E-state index contributed by atoms with van der Waals surface area (Å²) in [6.07, 6.45) is 20.6. The number of aromatic nitrogens is 1. The van der Waals surface area contributed by atoms with E-state index in [1.165, 1.54) is 32.9 Å². The zero-order valence-corrected chi connectivity index (χ0v) is 29.3. The molecule has 2 aliphatic rings. The third kappa shape index (κ3) is 8.08. The summed E-state index contributed by atoms with van der Waals surface area (Å²) < 4.78 is 0. The number of hydrogen-bond donors (Lipinski definition) is 2. The van der Waals surface area contributed by atoms with Crippen LogP contribution in [0.5, 0.6) is 0 Å². The molecule has 4 aromatic rings. The number of aliphatic imine (C=N–C) groups is 1. The van der Waals surface area contributed by atoms with Crippen molar-refractivity contribution >= 4 is 44.9 Å². The molecule has 0 amide bonds. The Hall–Kier alpha value is -4.83. The molecule has 1 aliphatic heterocycles. The summed E-state index contributed by atoms with van der Waals surface area (Å²) in [4.78, 5) is 10.2. The fourth-order valence-corrected chi connectivity index (χ4v) is 7.39. The van der Waals surface area contributed by atoms with E-state index in [0.29, 0.717) is 18.1 Å². The molecule has 0 bridgehead atoms. The summed E-state index contributed by atoms with van der Waals surface area (Å²) >= 11 is 0. The third-order valence-electron chi connectivity index (χ3n) is 10.3. The lowest BCUT2D eigenvalue weighted by molar-refractivity contribution is 0.442. The molecule has 1 aliphatic carbocycles. The van der Waals surface area contributed by atoms with Crippen LogP contribution in [-0.4, -0.2) is 23.0 Å². The topological polar surface area (TPSA) is 75.1 Å². The molecule has 2 heterocycles. The lowest BCUT2D eigenvalue weighted by atomic mass is 9.88. The van der Waals surface area contributed by atoms with Crippen molar-refractivity contribution in [1.82, 2.24) is 4.98 Å². The normalized spacial score (nSPS) is 17.1. The number of benzene rings is 3. The zero-order chi connectivity index (χ0) is 34.2. The van der Waals surface area contributed by atoms with Gasteiger partial charge in [0.05, 0.1) is 16.9 Å². The summed E-state index contributed by atoms with van der Waals surface area (Å²) in [6, 6.07) is 23.4. The summed E-state index contributed by atoms with van der Waals surface area (Å²) in [6.45, 7) is 9.18. The second-order valence-electron chi connectivity index (χ2n) is 13.6. The first-order valence-corrected chi connectivity index (χ1v) is 18.1. The van der Waals surface area contributed by atoms with Crippen LogP contribution in [0.4, 0.5) is 5.69 Å². The number of fused-ring (bicyclic) bond motifs is 3. The SMILES string of the molecule is C=CC(C)=C(CCCC1CCC(c2nc3ccccc3c3ccccc23)=NC1)C(=N)CCc1ccc(/C=C(\CC)C2=CC=CCC2)c(N)c1. The van der Waals surface area contributed by atoms with Crippen molar-refractivity contribution in [2.45, 2.75) is 78.1 Å². The van der Waals surface area contributed by atoms with Gasteiger partial charge < -0.3 is 11.1 Å². The molecule has 1 aromatic heterocycles. The summed E-state index contributed by atoms with van der Waals surface area (Å²) in [5, 5.41) is 12.7. The number of pyridine rings is 1. The van der Waals surface area contributed by atoms with Crippen LogP contribution in [0, 0.1) is 11.3 Å². The molecule has 0 radical (unpaired) electrons. The maximum Gasteiger partial charge on any atom is 0.0925 e. The molecule has 3 aromatic carbocycles. The van der Waals surface area contributed by atoms with Crippen molar-refractivity contribution in [3.8, 4) is 0 Å². The van der Waals surface area contributed by atoms with E-state index in [-0.39, 0.29) is 0 Å². The standard InChI is InChI=1S/C45H50N4/c1-4-31(3)37(41(46)26-23-32-22-25-36(42(47)28-32)29-34(5-2)35-15-7-6-8-16-35)20-13-14-33-24-27-44(48-30-33)45-40-19-10-9-17-38(40)39-18-11-12-21-43(39)49-45/h4,6-7,9-12,15,17-19,21-22,25,28-29,33,46H,1,5,8,13-14,16,20,23-24,26-27,30,47H2,2-3H3/b34-29+,37-31?,46-41?. The van der Waals surface area contributed by atoms with E-state index >= 15 is 0 Å². The van der Waals surface area contributed by atoms with Crippen LogP contribution in [-0.2, 0) is 6.42 Å². The van der Waals surface area contributed by atoms with Gasteiger partial charge in [-0.25, -0.2) is 4.98 Å². The van der Waals surface area contributed by atoms with Gasteiger partial charge in [-0.3, -0.25) is 4.99 Å². The number of anilines is 1. The van der Waals surface area contributed by atoms with Crippen LogP contribution < -0.4 is 5.73 Å². The molecule has 4 nitrogen and oxygen atoms in total. The van der Waals surface area contributed by atoms with Crippen LogP contribution >= 0.6 is 0 Å². The van der Waals surface area contributed by atoms with E-state index in [2.05, 4.69) is 111 Å². The molecule has 250 valence electrons. The first-order chi connectivity index (χ1) is 23.9. The average molecular weight is 647 g/mol. The average Bonchev–Trinajstić information content (AvgIpc) is 3.15. The van der Waals surface area contributed by atoms with E-state index < -0.39 is 0 Å². The first kappa shape index (κ1) is 34.0. The highest BCUT2D eigenvalue weighted by molar-refractivity contribution is 6.16. The Kier molecular flexibility index (Phi) is 11.1. The van der Waals surface area contributed by atoms with Crippen LogP contribution in [0.15, 0.2) is 125 Å². The molecule has 4 heteroatoms. The summed E-state index contributed by atoms with van der Waals surface area (Å²) in [7, 11) is 0. The second kappa shape index (κ2) is 16.0. The largest absolute Gasteiger partial charge is 0.398 e. The molecular formula is C45H50N4. The van der Waals surface area contributed by atoms with Crippen LogP contribution in [0.3, 0.4) is 0 Å². The number of nitrogens with two attached hydrogens (primary N) is 1. The van der Waals surface area contributed by atoms with E-state index in [9.17, 15) is 0 Å². The third-order valence-corrected chi connectivity index (χ3v) is 10.3. The Morgan fingerprint density at radius 3 is 2.51 bits per heavy atom. The van der Waals surface area contributed by atoms with Crippen molar-refractivity contribution < 1.29 is 0 Å². The summed E-state index contributed by atoms with van der Waals surface area (Å²) in [5.41, 5.74) is 18.6. The predicted molar refractivity (Wildman–Crippen MR) is 212 cm³/mol. The Bertz CT molecular complexity index is 2020. The summed E-state index contributed by atoms with van der Waals surface area (Å²) in [5.74, 6) is 0.560. The number of rotatable bonds is 13. The Labute approximate surface area is 292 Å². The number of nitrogens with zero attached hydrogens (tertiary/aromatic N) is 2.